The van der Waals surface area contributed by atoms with Crippen LogP contribution >= 0.6 is 11.6 Å². The molecule has 0 aliphatic carbocycles. The van der Waals surface area contributed by atoms with Crippen molar-refractivity contribution in [1.82, 2.24) is 0 Å². The fourth-order valence-electron chi connectivity index (χ4n) is 2.09. The molecular weight excluding hydrogens is 356 g/mol. The molecule has 2 aromatic carbocycles. The zero-order valence-corrected chi connectivity index (χ0v) is 14.9. The highest BCUT2D eigenvalue weighted by Crippen LogP contribution is 2.21. The quantitative estimate of drug-likeness (QED) is 0.753. The Morgan fingerprint density at radius 1 is 1.15 bits per heavy atom. The van der Waals surface area contributed by atoms with Gasteiger partial charge in [-0.25, -0.2) is 4.79 Å². The van der Waals surface area contributed by atoms with Crippen molar-refractivity contribution in [3.05, 3.63) is 58.6 Å². The van der Waals surface area contributed by atoms with Crippen molar-refractivity contribution in [1.29, 1.82) is 5.26 Å². The molecule has 2 aromatic rings. The summed E-state index contributed by atoms with van der Waals surface area (Å²) in [5, 5.41) is 11.8. The standard InChI is InChI=1S/C19H17ClN2O4/c1-13-10-15(20)4-7-17(13)25-12-19(24)26-11-18(23)22-16-5-2-14(3-6-16)8-9-21/h2-7,10H,8,11-12H2,1H3,(H,22,23). The Morgan fingerprint density at radius 3 is 2.54 bits per heavy atom. The Balaban J connectivity index is 1.74. The Morgan fingerprint density at radius 2 is 1.88 bits per heavy atom. The van der Waals surface area contributed by atoms with Crippen LogP contribution in [0.5, 0.6) is 5.75 Å². The van der Waals surface area contributed by atoms with Gasteiger partial charge in [0.1, 0.15) is 5.75 Å². The van der Waals surface area contributed by atoms with Crippen LogP contribution in [-0.4, -0.2) is 25.1 Å². The van der Waals surface area contributed by atoms with Crippen molar-refractivity contribution in [2.75, 3.05) is 18.5 Å². The van der Waals surface area contributed by atoms with Gasteiger partial charge in [-0.1, -0.05) is 23.7 Å². The van der Waals surface area contributed by atoms with Crippen molar-refractivity contribution in [3.8, 4) is 11.8 Å². The predicted molar refractivity (Wildman–Crippen MR) is 97.0 cm³/mol. The third-order valence-corrected chi connectivity index (χ3v) is 3.60. The maximum atomic E-state index is 11.8. The molecule has 0 heterocycles. The number of rotatable bonds is 7. The van der Waals surface area contributed by atoms with Crippen LogP contribution in [0.4, 0.5) is 5.69 Å². The number of benzene rings is 2. The molecule has 6 nitrogen and oxygen atoms in total. The summed E-state index contributed by atoms with van der Waals surface area (Å²) in [6.45, 7) is 1.09. The van der Waals surface area contributed by atoms with Crippen molar-refractivity contribution >= 4 is 29.2 Å². The molecule has 0 saturated carbocycles. The lowest BCUT2D eigenvalue weighted by atomic mass is 10.1. The Labute approximate surface area is 156 Å². The molecule has 0 aliphatic rings. The lowest BCUT2D eigenvalue weighted by Crippen LogP contribution is -2.23. The van der Waals surface area contributed by atoms with Crippen LogP contribution < -0.4 is 10.1 Å². The van der Waals surface area contributed by atoms with E-state index < -0.39 is 18.5 Å². The third kappa shape index (κ3) is 6.11. The summed E-state index contributed by atoms with van der Waals surface area (Å²) in [6, 6.07) is 13.9. The van der Waals surface area contributed by atoms with E-state index in [1.807, 2.05) is 13.0 Å². The fraction of sp³-hybridized carbons (Fsp3) is 0.211. The molecule has 0 saturated heterocycles. The van der Waals surface area contributed by atoms with Gasteiger partial charge in [-0.15, -0.1) is 0 Å². The van der Waals surface area contributed by atoms with Gasteiger partial charge in [0.05, 0.1) is 12.5 Å². The minimum absolute atomic E-state index is 0.304. The first-order valence-electron chi connectivity index (χ1n) is 7.78. The summed E-state index contributed by atoms with van der Waals surface area (Å²) in [4.78, 5) is 23.5. The van der Waals surface area contributed by atoms with E-state index >= 15 is 0 Å². The molecule has 0 radical (unpaired) electrons. The molecule has 0 aromatic heterocycles. The number of hydrogen-bond acceptors (Lipinski definition) is 5. The summed E-state index contributed by atoms with van der Waals surface area (Å²) in [5.41, 5.74) is 2.20. The number of hydrogen-bond donors (Lipinski definition) is 1. The van der Waals surface area contributed by atoms with Crippen molar-refractivity contribution in [3.63, 3.8) is 0 Å². The summed E-state index contributed by atoms with van der Waals surface area (Å²) in [5.74, 6) is -0.596. The monoisotopic (exact) mass is 372 g/mol. The number of anilines is 1. The van der Waals surface area contributed by atoms with E-state index in [0.717, 1.165) is 11.1 Å². The van der Waals surface area contributed by atoms with E-state index in [1.54, 1.807) is 42.5 Å². The summed E-state index contributed by atoms with van der Waals surface area (Å²) in [7, 11) is 0. The van der Waals surface area contributed by atoms with Gasteiger partial charge >= 0.3 is 5.97 Å². The number of carbonyl (C=O) groups is 2. The van der Waals surface area contributed by atoms with Gasteiger partial charge in [-0.3, -0.25) is 4.79 Å². The molecule has 1 amide bonds. The van der Waals surface area contributed by atoms with Crippen LogP contribution in [-0.2, 0) is 20.7 Å². The van der Waals surface area contributed by atoms with E-state index in [1.165, 1.54) is 0 Å². The molecule has 7 heteroatoms. The number of nitriles is 1. The molecule has 0 bridgehead atoms. The van der Waals surface area contributed by atoms with Gasteiger partial charge in [0.25, 0.3) is 5.91 Å². The zero-order valence-electron chi connectivity index (χ0n) is 14.1. The summed E-state index contributed by atoms with van der Waals surface area (Å²) in [6.07, 6.45) is 0.304. The first-order valence-corrected chi connectivity index (χ1v) is 8.16. The number of aryl methyl sites for hydroxylation is 1. The van der Waals surface area contributed by atoms with E-state index in [2.05, 4.69) is 5.32 Å². The predicted octanol–water partition coefficient (Wildman–Crippen LogP) is 3.28. The molecule has 0 unspecified atom stereocenters. The Kier molecular flexibility index (Phi) is 7.01. The number of esters is 1. The highest BCUT2D eigenvalue weighted by Gasteiger charge is 2.10. The average molecular weight is 373 g/mol. The maximum Gasteiger partial charge on any atom is 0.344 e. The van der Waals surface area contributed by atoms with E-state index in [9.17, 15) is 9.59 Å². The van der Waals surface area contributed by atoms with Crippen LogP contribution in [0.15, 0.2) is 42.5 Å². The van der Waals surface area contributed by atoms with Gasteiger partial charge in [0, 0.05) is 10.7 Å². The highest BCUT2D eigenvalue weighted by molar-refractivity contribution is 6.30. The lowest BCUT2D eigenvalue weighted by molar-refractivity contribution is -0.149. The summed E-state index contributed by atoms with van der Waals surface area (Å²) >= 11 is 5.85. The second-order valence-corrected chi connectivity index (χ2v) is 5.88. The van der Waals surface area contributed by atoms with Crippen LogP contribution in [0, 0.1) is 18.3 Å². The Bertz CT molecular complexity index is 828. The van der Waals surface area contributed by atoms with Gasteiger partial charge < -0.3 is 14.8 Å². The number of ether oxygens (including phenoxy) is 2. The smallest absolute Gasteiger partial charge is 0.344 e. The lowest BCUT2D eigenvalue weighted by Gasteiger charge is -2.10. The fourth-order valence-corrected chi connectivity index (χ4v) is 2.32. The molecule has 0 fully saturated rings. The van der Waals surface area contributed by atoms with Crippen molar-refractivity contribution in [2.24, 2.45) is 0 Å². The van der Waals surface area contributed by atoms with Crippen LogP contribution in [0.1, 0.15) is 11.1 Å². The summed E-state index contributed by atoms with van der Waals surface area (Å²) < 4.78 is 10.2. The SMILES string of the molecule is Cc1cc(Cl)ccc1OCC(=O)OCC(=O)Nc1ccc(CC#N)cc1. The molecule has 26 heavy (non-hydrogen) atoms. The minimum Gasteiger partial charge on any atom is -0.482 e. The van der Waals surface area contributed by atoms with E-state index in [4.69, 9.17) is 26.3 Å². The van der Waals surface area contributed by atoms with E-state index in [-0.39, 0.29) is 6.61 Å². The van der Waals surface area contributed by atoms with Gasteiger partial charge in [0.2, 0.25) is 0 Å². The molecule has 1 N–H and O–H groups in total. The van der Waals surface area contributed by atoms with Crippen molar-refractivity contribution < 1.29 is 19.1 Å². The number of halogens is 1. The average Bonchev–Trinajstić information content (AvgIpc) is 2.61. The van der Waals surface area contributed by atoms with Gasteiger partial charge in [-0.2, -0.15) is 5.26 Å². The second kappa shape index (κ2) is 9.44. The third-order valence-electron chi connectivity index (χ3n) is 3.37. The molecule has 2 rings (SSSR count). The number of nitrogens with zero attached hydrogens (tertiary/aromatic N) is 1. The highest BCUT2D eigenvalue weighted by atomic mass is 35.5. The number of nitrogens with one attached hydrogen (secondary N) is 1. The Hall–Kier alpha value is -3.04. The van der Waals surface area contributed by atoms with Gasteiger partial charge in [-0.05, 0) is 48.4 Å². The maximum absolute atomic E-state index is 11.8. The minimum atomic E-state index is -0.654. The molecule has 134 valence electrons. The van der Waals surface area contributed by atoms with Crippen molar-refractivity contribution in [2.45, 2.75) is 13.3 Å². The molecule has 0 spiro atoms. The normalized spacial score (nSPS) is 9.88. The molecule has 0 aliphatic heterocycles. The van der Waals surface area contributed by atoms with Crippen LogP contribution in [0.2, 0.25) is 5.02 Å². The molecule has 0 atom stereocenters. The second-order valence-electron chi connectivity index (χ2n) is 5.44. The largest absolute Gasteiger partial charge is 0.482 e. The zero-order chi connectivity index (χ0) is 18.9. The number of carbonyl (C=O) groups excluding carboxylic acids is 2. The molecular formula is C19H17ClN2O4. The topological polar surface area (TPSA) is 88.4 Å². The number of amides is 1. The first-order chi connectivity index (χ1) is 12.5. The van der Waals surface area contributed by atoms with Crippen LogP contribution in [0.3, 0.4) is 0 Å². The first kappa shape index (κ1) is 19.3. The van der Waals surface area contributed by atoms with Gasteiger partial charge in [0.15, 0.2) is 13.2 Å². The van der Waals surface area contributed by atoms with E-state index in [0.29, 0.717) is 22.9 Å². The van der Waals surface area contributed by atoms with Crippen LogP contribution in [0.25, 0.3) is 0 Å².